The Balaban J connectivity index is 1.48. The Morgan fingerprint density at radius 3 is 2.76 bits per heavy atom. The van der Waals surface area contributed by atoms with Gasteiger partial charge in [-0.15, -0.1) is 0 Å². The van der Waals surface area contributed by atoms with Crippen LogP contribution in [0.3, 0.4) is 0 Å². The van der Waals surface area contributed by atoms with Crippen LogP contribution in [0.25, 0.3) is 6.08 Å². The summed E-state index contributed by atoms with van der Waals surface area (Å²) < 4.78 is 2.12. The molecule has 1 spiro atoms. The monoisotopic (exact) mass is 279 g/mol. The smallest absolute Gasteiger partial charge is 0.0945 e. The molecule has 0 N–H and O–H groups in total. The summed E-state index contributed by atoms with van der Waals surface area (Å²) in [6.45, 7) is 3.33. The zero-order valence-electron chi connectivity index (χ0n) is 12.5. The van der Waals surface area contributed by atoms with Crippen molar-refractivity contribution in [1.29, 1.82) is 0 Å². The number of imidazole rings is 1. The lowest BCUT2D eigenvalue weighted by atomic mass is 9.74. The molecular formula is C18H21N3. The first-order valence-electron chi connectivity index (χ1n) is 7.73. The highest BCUT2D eigenvalue weighted by Crippen LogP contribution is 2.43. The van der Waals surface area contributed by atoms with E-state index in [4.69, 9.17) is 0 Å². The van der Waals surface area contributed by atoms with Gasteiger partial charge in [-0.1, -0.05) is 36.4 Å². The van der Waals surface area contributed by atoms with Crippen molar-refractivity contribution >= 4 is 6.08 Å². The van der Waals surface area contributed by atoms with Crippen molar-refractivity contribution in [1.82, 2.24) is 14.5 Å². The predicted octanol–water partition coefficient (Wildman–Crippen LogP) is 2.98. The fourth-order valence-corrected chi connectivity index (χ4v) is 3.75. The molecule has 3 nitrogen and oxygen atoms in total. The van der Waals surface area contributed by atoms with E-state index in [0.29, 0.717) is 5.41 Å². The minimum Gasteiger partial charge on any atom is -0.337 e. The van der Waals surface area contributed by atoms with Gasteiger partial charge >= 0.3 is 0 Å². The first kappa shape index (κ1) is 12.8. The summed E-state index contributed by atoms with van der Waals surface area (Å²) in [5.41, 5.74) is 4.54. The number of fused-ring (bicyclic) bond motifs is 2. The maximum Gasteiger partial charge on any atom is 0.0945 e. The van der Waals surface area contributed by atoms with Gasteiger partial charge in [-0.05, 0) is 37.1 Å². The van der Waals surface area contributed by atoms with Crippen LogP contribution in [0.15, 0.2) is 42.9 Å². The van der Waals surface area contributed by atoms with Crippen LogP contribution >= 0.6 is 0 Å². The van der Waals surface area contributed by atoms with Crippen LogP contribution in [0.1, 0.15) is 29.7 Å². The Labute approximate surface area is 125 Å². The summed E-state index contributed by atoms with van der Waals surface area (Å²) in [6, 6.07) is 8.87. The van der Waals surface area contributed by atoms with Crippen molar-refractivity contribution in [2.75, 3.05) is 13.1 Å². The Morgan fingerprint density at radius 1 is 1.19 bits per heavy atom. The van der Waals surface area contributed by atoms with Crippen LogP contribution in [0.4, 0.5) is 0 Å². The largest absolute Gasteiger partial charge is 0.337 e. The average Bonchev–Trinajstić information content (AvgIpc) is 3.08. The van der Waals surface area contributed by atoms with E-state index in [1.807, 2.05) is 12.5 Å². The maximum atomic E-state index is 4.21. The molecule has 0 amide bonds. The molecule has 3 heteroatoms. The van der Waals surface area contributed by atoms with Gasteiger partial charge in [0.25, 0.3) is 0 Å². The molecule has 2 aromatic rings. The number of rotatable bonds is 2. The van der Waals surface area contributed by atoms with Gasteiger partial charge in [-0.3, -0.25) is 4.90 Å². The Hall–Kier alpha value is -1.87. The van der Waals surface area contributed by atoms with Gasteiger partial charge in [0.15, 0.2) is 0 Å². The molecule has 0 bridgehead atoms. The SMILES string of the molecule is Cn1cncc1CN1CCC2(C=Cc3ccccc32)CC1. The number of nitrogens with zero attached hydrogens (tertiary/aromatic N) is 3. The van der Waals surface area contributed by atoms with Crippen molar-refractivity contribution in [3.05, 3.63) is 59.7 Å². The lowest BCUT2D eigenvalue weighted by molar-refractivity contribution is 0.174. The van der Waals surface area contributed by atoms with E-state index in [0.717, 1.165) is 19.6 Å². The van der Waals surface area contributed by atoms with Gasteiger partial charge in [0, 0.05) is 25.2 Å². The van der Waals surface area contributed by atoms with Gasteiger partial charge in [0.2, 0.25) is 0 Å². The first-order chi connectivity index (χ1) is 10.3. The highest BCUT2D eigenvalue weighted by Gasteiger charge is 2.37. The van der Waals surface area contributed by atoms with Gasteiger partial charge in [-0.25, -0.2) is 4.98 Å². The number of likely N-dealkylation sites (tertiary alicyclic amines) is 1. The van der Waals surface area contributed by atoms with Gasteiger partial charge < -0.3 is 4.57 Å². The molecule has 0 saturated carbocycles. The quantitative estimate of drug-likeness (QED) is 0.842. The maximum absolute atomic E-state index is 4.21. The molecule has 0 atom stereocenters. The van der Waals surface area contributed by atoms with E-state index >= 15 is 0 Å². The van der Waals surface area contributed by atoms with Crippen LogP contribution in [-0.2, 0) is 19.0 Å². The molecule has 2 heterocycles. The molecule has 108 valence electrons. The van der Waals surface area contributed by atoms with Crippen molar-refractivity contribution in [3.63, 3.8) is 0 Å². The number of aryl methyl sites for hydroxylation is 1. The standard InChI is InChI=1S/C18H21N3/c1-20-14-19-12-16(20)13-21-10-8-18(9-11-21)7-6-15-4-2-3-5-17(15)18/h2-7,12,14H,8-11,13H2,1H3. The average molecular weight is 279 g/mol. The Bertz CT molecular complexity index is 675. The third-order valence-corrected chi connectivity index (χ3v) is 5.13. The summed E-state index contributed by atoms with van der Waals surface area (Å²) in [7, 11) is 2.07. The fraction of sp³-hybridized carbons (Fsp3) is 0.389. The number of hydrogen-bond donors (Lipinski definition) is 0. The number of allylic oxidation sites excluding steroid dienone is 1. The molecule has 1 saturated heterocycles. The third kappa shape index (κ3) is 2.12. The lowest BCUT2D eigenvalue weighted by Crippen LogP contribution is -2.40. The number of aromatic nitrogens is 2. The molecular weight excluding hydrogens is 258 g/mol. The summed E-state index contributed by atoms with van der Waals surface area (Å²) in [5.74, 6) is 0. The van der Waals surface area contributed by atoms with E-state index in [1.54, 1.807) is 0 Å². The molecule has 2 aliphatic rings. The normalized spacial score (nSPS) is 20.0. The molecule has 1 fully saturated rings. The number of hydrogen-bond acceptors (Lipinski definition) is 2. The zero-order valence-corrected chi connectivity index (χ0v) is 12.5. The first-order valence-corrected chi connectivity index (χ1v) is 7.73. The van der Waals surface area contributed by atoms with Crippen molar-refractivity contribution in [2.24, 2.45) is 7.05 Å². The molecule has 1 aromatic carbocycles. The van der Waals surface area contributed by atoms with Crippen LogP contribution in [0, 0.1) is 0 Å². The fourth-order valence-electron chi connectivity index (χ4n) is 3.75. The van der Waals surface area contributed by atoms with E-state index in [9.17, 15) is 0 Å². The molecule has 1 aliphatic carbocycles. The molecule has 4 rings (SSSR count). The minimum absolute atomic E-state index is 0.291. The molecule has 0 radical (unpaired) electrons. The second-order valence-electron chi connectivity index (χ2n) is 6.35. The second kappa shape index (κ2) is 4.85. The second-order valence-corrected chi connectivity index (χ2v) is 6.35. The van der Waals surface area contributed by atoms with E-state index in [-0.39, 0.29) is 0 Å². The Kier molecular flexibility index (Phi) is 2.96. The molecule has 1 aromatic heterocycles. The number of benzene rings is 1. The highest BCUT2D eigenvalue weighted by molar-refractivity contribution is 5.65. The van der Waals surface area contributed by atoms with Crippen molar-refractivity contribution < 1.29 is 0 Å². The zero-order chi connectivity index (χ0) is 14.3. The molecule has 1 aliphatic heterocycles. The van der Waals surface area contributed by atoms with Crippen LogP contribution in [0.5, 0.6) is 0 Å². The van der Waals surface area contributed by atoms with Crippen LogP contribution in [-0.4, -0.2) is 27.5 Å². The van der Waals surface area contributed by atoms with E-state index in [1.165, 1.54) is 29.7 Å². The summed E-state index contributed by atoms with van der Waals surface area (Å²) in [6.07, 6.45) is 11.1. The topological polar surface area (TPSA) is 21.1 Å². The van der Waals surface area contributed by atoms with Crippen molar-refractivity contribution in [3.8, 4) is 0 Å². The predicted molar refractivity (Wildman–Crippen MR) is 84.9 cm³/mol. The summed E-state index contributed by atoms with van der Waals surface area (Å²) >= 11 is 0. The van der Waals surface area contributed by atoms with Crippen LogP contribution < -0.4 is 0 Å². The Morgan fingerprint density at radius 2 is 2.00 bits per heavy atom. The highest BCUT2D eigenvalue weighted by atomic mass is 15.2. The summed E-state index contributed by atoms with van der Waals surface area (Å²) in [5, 5.41) is 0. The third-order valence-electron chi connectivity index (χ3n) is 5.13. The van der Waals surface area contributed by atoms with Gasteiger partial charge in [0.05, 0.1) is 12.0 Å². The molecule has 21 heavy (non-hydrogen) atoms. The van der Waals surface area contributed by atoms with Crippen molar-refractivity contribution in [2.45, 2.75) is 24.8 Å². The molecule has 0 unspecified atom stereocenters. The summed E-state index contributed by atoms with van der Waals surface area (Å²) in [4.78, 5) is 6.77. The van der Waals surface area contributed by atoms with E-state index in [2.05, 4.69) is 57.9 Å². The van der Waals surface area contributed by atoms with Crippen LogP contribution in [0.2, 0.25) is 0 Å². The lowest BCUT2D eigenvalue weighted by Gasteiger charge is -2.39. The van der Waals surface area contributed by atoms with E-state index < -0.39 is 0 Å². The van der Waals surface area contributed by atoms with Gasteiger partial charge in [0.1, 0.15) is 0 Å². The van der Waals surface area contributed by atoms with Gasteiger partial charge in [-0.2, -0.15) is 0 Å². The minimum atomic E-state index is 0.291. The number of piperidine rings is 1.